The lowest BCUT2D eigenvalue weighted by Gasteiger charge is -2.16. The van der Waals surface area contributed by atoms with Crippen LogP contribution >= 0.6 is 0 Å². The van der Waals surface area contributed by atoms with Gasteiger partial charge in [-0.1, -0.05) is 30.3 Å². The second-order valence-electron chi connectivity index (χ2n) is 9.45. The smallest absolute Gasteiger partial charge is 0.164 e. The normalized spacial score (nSPS) is 17.8. The second kappa shape index (κ2) is 9.29. The van der Waals surface area contributed by atoms with Crippen molar-refractivity contribution in [1.29, 1.82) is 0 Å². The summed E-state index contributed by atoms with van der Waals surface area (Å²) in [4.78, 5) is 4.83. The molecule has 182 valence electrons. The molecule has 7 nitrogen and oxygen atoms in total. The number of hydrogen-bond donors (Lipinski definition) is 2. The van der Waals surface area contributed by atoms with Crippen LogP contribution in [-0.2, 0) is 13.6 Å². The zero-order chi connectivity index (χ0) is 24.6. The predicted molar refractivity (Wildman–Crippen MR) is 137 cm³/mol. The molecule has 2 N–H and O–H groups in total. The number of rotatable bonds is 6. The summed E-state index contributed by atoms with van der Waals surface area (Å²) in [5, 5.41) is 21.7. The highest BCUT2D eigenvalue weighted by Gasteiger charge is 2.24. The molecule has 2 unspecified atom stereocenters. The van der Waals surface area contributed by atoms with Gasteiger partial charge >= 0.3 is 0 Å². The molecule has 6 rings (SSSR count). The summed E-state index contributed by atoms with van der Waals surface area (Å²) >= 11 is 0. The number of halogens is 1. The molecule has 0 spiro atoms. The minimum atomic E-state index is -0.319. The van der Waals surface area contributed by atoms with Crippen LogP contribution in [0, 0.1) is 5.82 Å². The van der Waals surface area contributed by atoms with Crippen LogP contribution in [0.2, 0.25) is 0 Å². The molecule has 0 amide bonds. The molecule has 1 aliphatic carbocycles. The van der Waals surface area contributed by atoms with Crippen molar-refractivity contribution in [1.82, 2.24) is 29.5 Å². The van der Waals surface area contributed by atoms with Crippen LogP contribution in [0.4, 0.5) is 4.39 Å². The number of benzene rings is 2. The third kappa shape index (κ3) is 4.29. The van der Waals surface area contributed by atoms with E-state index in [-0.39, 0.29) is 18.0 Å². The van der Waals surface area contributed by atoms with Crippen molar-refractivity contribution in [2.45, 2.75) is 38.0 Å². The highest BCUT2D eigenvalue weighted by atomic mass is 19.1. The van der Waals surface area contributed by atoms with E-state index in [0.29, 0.717) is 17.9 Å². The van der Waals surface area contributed by atoms with Crippen molar-refractivity contribution in [3.05, 3.63) is 84.7 Å². The average molecular weight is 483 g/mol. The Morgan fingerprint density at radius 3 is 2.72 bits per heavy atom. The first-order chi connectivity index (χ1) is 17.5. The van der Waals surface area contributed by atoms with Gasteiger partial charge in [-0.25, -0.2) is 9.37 Å². The van der Waals surface area contributed by atoms with E-state index in [1.54, 1.807) is 17.0 Å². The van der Waals surface area contributed by atoms with Gasteiger partial charge in [0.05, 0.1) is 11.8 Å². The van der Waals surface area contributed by atoms with Crippen LogP contribution in [0.5, 0.6) is 0 Å². The molecule has 2 aromatic carbocycles. The van der Waals surface area contributed by atoms with Crippen molar-refractivity contribution in [3.8, 4) is 33.8 Å². The van der Waals surface area contributed by atoms with Crippen molar-refractivity contribution < 1.29 is 9.50 Å². The first-order valence-corrected chi connectivity index (χ1v) is 12.2. The number of aryl methyl sites for hydroxylation is 1. The maximum atomic E-state index is 14.2. The summed E-state index contributed by atoms with van der Waals surface area (Å²) in [6.45, 7) is 0.704. The first kappa shape index (κ1) is 22.6. The van der Waals surface area contributed by atoms with E-state index >= 15 is 0 Å². The molecule has 1 aliphatic rings. The highest BCUT2D eigenvalue weighted by Crippen LogP contribution is 2.33. The summed E-state index contributed by atoms with van der Waals surface area (Å²) in [6.07, 6.45) is 8.42. The molecular formula is C28H27FN6O. The van der Waals surface area contributed by atoms with E-state index in [9.17, 15) is 9.50 Å². The van der Waals surface area contributed by atoms with E-state index in [0.717, 1.165) is 52.9 Å². The van der Waals surface area contributed by atoms with Gasteiger partial charge in [-0.05, 0) is 60.2 Å². The van der Waals surface area contributed by atoms with Gasteiger partial charge in [0.1, 0.15) is 17.8 Å². The van der Waals surface area contributed by atoms with Gasteiger partial charge in [0, 0.05) is 43.2 Å². The molecule has 3 heterocycles. The predicted octanol–water partition coefficient (Wildman–Crippen LogP) is 4.61. The zero-order valence-electron chi connectivity index (χ0n) is 20.0. The largest absolute Gasteiger partial charge is 0.392 e. The lowest BCUT2D eigenvalue weighted by Crippen LogP contribution is -2.35. The number of imidazole rings is 1. The van der Waals surface area contributed by atoms with Crippen LogP contribution in [0.15, 0.2) is 73.3 Å². The SMILES string of the molecule is Cn1cnnc1-c1cc(F)ccc1-c1cccc(-c2cn3cc(CNC4CCCC4O)ccc3n2)c1. The molecule has 36 heavy (non-hydrogen) atoms. The molecule has 0 saturated heterocycles. The average Bonchev–Trinajstić information content (AvgIpc) is 3.62. The quantitative estimate of drug-likeness (QED) is 0.370. The molecular weight excluding hydrogens is 455 g/mol. The fourth-order valence-corrected chi connectivity index (χ4v) is 5.04. The Hall–Kier alpha value is -3.88. The molecule has 1 fully saturated rings. The number of nitrogens with zero attached hydrogens (tertiary/aromatic N) is 5. The third-order valence-corrected chi connectivity index (χ3v) is 6.96. The van der Waals surface area contributed by atoms with Gasteiger partial charge in [0.2, 0.25) is 0 Å². The Labute approximate surface area is 208 Å². The number of hydrogen-bond acceptors (Lipinski definition) is 5. The number of aromatic nitrogens is 5. The van der Waals surface area contributed by atoms with E-state index in [1.165, 1.54) is 12.1 Å². The van der Waals surface area contributed by atoms with E-state index in [2.05, 4.69) is 33.8 Å². The molecule has 0 bridgehead atoms. The van der Waals surface area contributed by atoms with E-state index in [1.807, 2.05) is 41.9 Å². The van der Waals surface area contributed by atoms with Crippen molar-refractivity contribution in [2.24, 2.45) is 7.05 Å². The standard InChI is InChI=1S/C28H27FN6O/c1-34-17-31-33-28(34)23-13-21(29)9-10-22(23)19-4-2-5-20(12-19)25-16-35-15-18(8-11-27(35)32-25)14-30-24-6-3-7-26(24)36/h2,4-5,8-13,15-17,24,26,30,36H,3,6-7,14H2,1H3. The summed E-state index contributed by atoms with van der Waals surface area (Å²) in [5.74, 6) is 0.287. The van der Waals surface area contributed by atoms with Crippen LogP contribution < -0.4 is 5.32 Å². The lowest BCUT2D eigenvalue weighted by molar-refractivity contribution is 0.148. The maximum Gasteiger partial charge on any atom is 0.164 e. The molecule has 0 aliphatic heterocycles. The topological polar surface area (TPSA) is 80.3 Å². The number of aliphatic hydroxyl groups is 1. The van der Waals surface area contributed by atoms with Crippen molar-refractivity contribution in [2.75, 3.05) is 0 Å². The Morgan fingerprint density at radius 1 is 1.03 bits per heavy atom. The Kier molecular flexibility index (Phi) is 5.83. The van der Waals surface area contributed by atoms with Gasteiger partial charge in [-0.3, -0.25) is 0 Å². The van der Waals surface area contributed by atoms with Gasteiger partial charge in [0.25, 0.3) is 0 Å². The van der Waals surface area contributed by atoms with Crippen LogP contribution in [0.3, 0.4) is 0 Å². The molecule has 3 aromatic heterocycles. The number of pyridine rings is 1. The minimum Gasteiger partial charge on any atom is -0.392 e. The number of fused-ring (bicyclic) bond motifs is 1. The van der Waals surface area contributed by atoms with Crippen molar-refractivity contribution >= 4 is 5.65 Å². The Bertz CT molecular complexity index is 1540. The van der Waals surface area contributed by atoms with Crippen LogP contribution in [0.25, 0.3) is 39.4 Å². The van der Waals surface area contributed by atoms with E-state index < -0.39 is 0 Å². The summed E-state index contributed by atoms with van der Waals surface area (Å²) in [6, 6.07) is 17.1. The molecule has 1 saturated carbocycles. The molecule has 0 radical (unpaired) electrons. The molecule has 5 aromatic rings. The lowest BCUT2D eigenvalue weighted by atomic mass is 9.97. The number of aliphatic hydroxyl groups excluding tert-OH is 1. The summed E-state index contributed by atoms with van der Waals surface area (Å²) in [7, 11) is 1.84. The number of nitrogens with one attached hydrogen (secondary N) is 1. The summed E-state index contributed by atoms with van der Waals surface area (Å²) in [5.41, 5.74) is 6.34. The fraction of sp³-hybridized carbons (Fsp3) is 0.250. The highest BCUT2D eigenvalue weighted by molar-refractivity contribution is 5.83. The van der Waals surface area contributed by atoms with Crippen LogP contribution in [-0.4, -0.2) is 41.4 Å². The second-order valence-corrected chi connectivity index (χ2v) is 9.45. The Balaban J connectivity index is 1.31. The van der Waals surface area contributed by atoms with Gasteiger partial charge in [-0.15, -0.1) is 10.2 Å². The summed E-state index contributed by atoms with van der Waals surface area (Å²) < 4.78 is 18.0. The maximum absolute atomic E-state index is 14.2. The first-order valence-electron chi connectivity index (χ1n) is 12.2. The van der Waals surface area contributed by atoms with Gasteiger partial charge in [0.15, 0.2) is 5.82 Å². The Morgan fingerprint density at radius 2 is 1.92 bits per heavy atom. The fourth-order valence-electron chi connectivity index (χ4n) is 5.04. The third-order valence-electron chi connectivity index (χ3n) is 6.96. The van der Waals surface area contributed by atoms with Crippen LogP contribution in [0.1, 0.15) is 24.8 Å². The zero-order valence-corrected chi connectivity index (χ0v) is 20.0. The van der Waals surface area contributed by atoms with Gasteiger partial charge in [-0.2, -0.15) is 0 Å². The minimum absolute atomic E-state index is 0.166. The monoisotopic (exact) mass is 482 g/mol. The van der Waals surface area contributed by atoms with Crippen molar-refractivity contribution in [3.63, 3.8) is 0 Å². The molecule has 2 atom stereocenters. The van der Waals surface area contributed by atoms with E-state index in [4.69, 9.17) is 4.98 Å². The van der Waals surface area contributed by atoms with Gasteiger partial charge < -0.3 is 19.4 Å². The molecule has 8 heteroatoms.